The van der Waals surface area contributed by atoms with Crippen molar-refractivity contribution in [2.45, 2.75) is 35.0 Å². The van der Waals surface area contributed by atoms with Gasteiger partial charge in [0.2, 0.25) is 5.60 Å². The highest BCUT2D eigenvalue weighted by molar-refractivity contribution is 9.12. The van der Waals surface area contributed by atoms with Crippen molar-refractivity contribution in [3.05, 3.63) is 60.2 Å². The van der Waals surface area contributed by atoms with Gasteiger partial charge in [0.05, 0.1) is 4.83 Å². The van der Waals surface area contributed by atoms with E-state index in [0.717, 1.165) is 19.5 Å². The van der Waals surface area contributed by atoms with Crippen molar-refractivity contribution >= 4 is 37.8 Å². The van der Waals surface area contributed by atoms with Crippen molar-refractivity contribution in [3.8, 4) is 0 Å². The van der Waals surface area contributed by atoms with Crippen LogP contribution in [0.25, 0.3) is 0 Å². The highest BCUT2D eigenvalue weighted by Gasteiger charge is 2.58. The molecule has 6 heteroatoms. The monoisotopic (exact) mass is 499 g/mol. The van der Waals surface area contributed by atoms with E-state index in [0.29, 0.717) is 12.1 Å². The van der Waals surface area contributed by atoms with Gasteiger partial charge in [-0.1, -0.05) is 100 Å². The molecule has 27 heavy (non-hydrogen) atoms. The predicted molar refractivity (Wildman–Crippen MR) is 116 cm³/mol. The Morgan fingerprint density at radius 3 is 2.56 bits per heavy atom. The minimum absolute atomic E-state index is 0.234. The standard InChI is InChI=1S/C21H27Br2NO3/c1-3-14-24(4-2)15-16-27-19(25)21(26,17-10-6-5-7-11-17)20(23)13-9-8-12-18(20)22/h5-13,18,26H,3-4,14-16H2,1-2H3/t18-,20+,21-/m1/s1. The number of carbonyl (C=O) groups excluding carboxylic acids is 1. The number of esters is 1. The fourth-order valence-electron chi connectivity index (χ4n) is 3.20. The number of hydrogen-bond donors (Lipinski definition) is 1. The summed E-state index contributed by atoms with van der Waals surface area (Å²) in [4.78, 5) is 15.1. The van der Waals surface area contributed by atoms with E-state index in [-0.39, 0.29) is 11.4 Å². The summed E-state index contributed by atoms with van der Waals surface area (Å²) >= 11 is 7.21. The van der Waals surface area contributed by atoms with E-state index >= 15 is 0 Å². The first-order valence-electron chi connectivity index (χ1n) is 9.26. The Kier molecular flexibility index (Phi) is 8.28. The lowest BCUT2D eigenvalue weighted by Gasteiger charge is -2.43. The van der Waals surface area contributed by atoms with Crippen LogP contribution in [0.1, 0.15) is 25.8 Å². The van der Waals surface area contributed by atoms with Crippen molar-refractivity contribution in [2.24, 2.45) is 0 Å². The van der Waals surface area contributed by atoms with Crippen LogP contribution in [0.3, 0.4) is 0 Å². The molecule has 0 spiro atoms. The van der Waals surface area contributed by atoms with Crippen molar-refractivity contribution in [1.29, 1.82) is 0 Å². The number of halogens is 2. The second-order valence-corrected chi connectivity index (χ2v) is 8.86. The Bertz CT molecular complexity index is 679. The molecule has 1 aliphatic rings. The number of carbonyl (C=O) groups is 1. The maximum absolute atomic E-state index is 13.1. The topological polar surface area (TPSA) is 49.8 Å². The Morgan fingerprint density at radius 1 is 1.26 bits per heavy atom. The number of likely N-dealkylation sites (N-methyl/N-ethyl adjacent to an activating group) is 1. The van der Waals surface area contributed by atoms with Crippen molar-refractivity contribution in [2.75, 3.05) is 26.2 Å². The number of rotatable bonds is 9. The summed E-state index contributed by atoms with van der Waals surface area (Å²) in [6.07, 6.45) is 8.40. The first kappa shape index (κ1) is 22.3. The van der Waals surface area contributed by atoms with E-state index in [1.807, 2.05) is 24.3 Å². The molecule has 0 aliphatic heterocycles. The minimum Gasteiger partial charge on any atom is -0.462 e. The zero-order valence-electron chi connectivity index (χ0n) is 15.8. The van der Waals surface area contributed by atoms with Gasteiger partial charge in [-0.2, -0.15) is 0 Å². The normalized spacial score (nSPS) is 24.0. The lowest BCUT2D eigenvalue weighted by molar-refractivity contribution is -0.169. The van der Waals surface area contributed by atoms with Gasteiger partial charge in [-0.15, -0.1) is 0 Å². The molecule has 0 radical (unpaired) electrons. The number of hydrogen-bond acceptors (Lipinski definition) is 4. The smallest absolute Gasteiger partial charge is 0.344 e. The van der Waals surface area contributed by atoms with E-state index in [2.05, 4.69) is 50.6 Å². The molecule has 148 valence electrons. The predicted octanol–water partition coefficient (Wildman–Crippen LogP) is 4.17. The van der Waals surface area contributed by atoms with E-state index in [4.69, 9.17) is 4.74 Å². The Balaban J connectivity index is 2.27. The molecule has 1 aromatic rings. The quantitative estimate of drug-likeness (QED) is 0.408. The molecule has 0 saturated heterocycles. The van der Waals surface area contributed by atoms with Crippen LogP contribution < -0.4 is 0 Å². The fraction of sp³-hybridized carbons (Fsp3) is 0.476. The van der Waals surface area contributed by atoms with Gasteiger partial charge in [0.25, 0.3) is 0 Å². The molecule has 0 heterocycles. The van der Waals surface area contributed by atoms with Gasteiger partial charge in [-0.3, -0.25) is 0 Å². The molecular formula is C21H27Br2NO3. The molecule has 0 amide bonds. The molecule has 3 atom stereocenters. The molecule has 1 aliphatic carbocycles. The molecule has 0 bridgehead atoms. The number of alkyl halides is 2. The molecule has 1 aromatic carbocycles. The van der Waals surface area contributed by atoms with Crippen LogP contribution in [0.5, 0.6) is 0 Å². The molecule has 0 aromatic heterocycles. The van der Waals surface area contributed by atoms with E-state index in [9.17, 15) is 9.90 Å². The molecular weight excluding hydrogens is 474 g/mol. The Hall–Kier alpha value is -0.950. The van der Waals surface area contributed by atoms with Crippen molar-refractivity contribution in [3.63, 3.8) is 0 Å². The van der Waals surface area contributed by atoms with Gasteiger partial charge in [-0.05, 0) is 25.1 Å². The van der Waals surface area contributed by atoms with Gasteiger partial charge in [-0.25, -0.2) is 4.79 Å². The molecule has 0 unspecified atom stereocenters. The summed E-state index contributed by atoms with van der Waals surface area (Å²) in [5.74, 6) is -0.664. The number of allylic oxidation sites excluding steroid dienone is 3. The van der Waals surface area contributed by atoms with Gasteiger partial charge in [0.1, 0.15) is 10.9 Å². The minimum atomic E-state index is -1.88. The number of ether oxygens (including phenoxy) is 1. The largest absolute Gasteiger partial charge is 0.462 e. The van der Waals surface area contributed by atoms with Crippen LogP contribution in [0, 0.1) is 0 Å². The van der Waals surface area contributed by atoms with Crippen LogP contribution in [-0.4, -0.2) is 51.4 Å². The summed E-state index contributed by atoms with van der Waals surface area (Å²) in [5.41, 5.74) is -1.40. The third-order valence-corrected chi connectivity index (χ3v) is 7.77. The van der Waals surface area contributed by atoms with E-state index in [1.165, 1.54) is 0 Å². The maximum Gasteiger partial charge on any atom is 0.344 e. The molecule has 2 rings (SSSR count). The van der Waals surface area contributed by atoms with Crippen molar-refractivity contribution < 1.29 is 14.6 Å². The molecule has 1 N–H and O–H groups in total. The lowest BCUT2D eigenvalue weighted by Crippen LogP contribution is -2.57. The highest BCUT2D eigenvalue weighted by Crippen LogP contribution is 2.48. The second kappa shape index (κ2) is 10.0. The zero-order chi connectivity index (χ0) is 19.9. The van der Waals surface area contributed by atoms with E-state index < -0.39 is 15.9 Å². The third kappa shape index (κ3) is 4.73. The number of aliphatic hydroxyl groups is 1. The molecule has 0 fully saturated rings. The lowest BCUT2D eigenvalue weighted by atomic mass is 9.77. The summed E-state index contributed by atoms with van der Waals surface area (Å²) in [6.45, 7) is 6.93. The maximum atomic E-state index is 13.1. The van der Waals surface area contributed by atoms with Gasteiger partial charge in [0, 0.05) is 6.54 Å². The average molecular weight is 501 g/mol. The van der Waals surface area contributed by atoms with Crippen LogP contribution in [0.4, 0.5) is 0 Å². The summed E-state index contributed by atoms with van der Waals surface area (Å²) in [5, 5.41) is 11.7. The zero-order valence-corrected chi connectivity index (χ0v) is 18.9. The first-order valence-corrected chi connectivity index (χ1v) is 11.0. The summed E-state index contributed by atoms with van der Waals surface area (Å²) in [6, 6.07) is 8.94. The Labute approximate surface area is 178 Å². The second-order valence-electron chi connectivity index (χ2n) is 6.56. The van der Waals surface area contributed by atoms with Crippen LogP contribution >= 0.6 is 31.9 Å². The Morgan fingerprint density at radius 2 is 1.96 bits per heavy atom. The van der Waals surface area contributed by atoms with Gasteiger partial charge in [0.15, 0.2) is 0 Å². The SMILES string of the molecule is CCCN(CC)CCOC(=O)[C@](O)(c1ccccc1)[C@]1(Br)C=CC=C[C@H]1Br. The molecule has 0 saturated carbocycles. The highest BCUT2D eigenvalue weighted by atomic mass is 79.9. The number of benzene rings is 1. The summed E-state index contributed by atoms with van der Waals surface area (Å²) < 4.78 is 4.50. The van der Waals surface area contributed by atoms with Crippen LogP contribution in [0.2, 0.25) is 0 Å². The third-order valence-electron chi connectivity index (χ3n) is 4.80. The first-order chi connectivity index (χ1) is 12.9. The van der Waals surface area contributed by atoms with Gasteiger partial charge < -0.3 is 14.7 Å². The van der Waals surface area contributed by atoms with Crippen LogP contribution in [0.15, 0.2) is 54.6 Å². The van der Waals surface area contributed by atoms with Crippen LogP contribution in [-0.2, 0) is 15.1 Å². The number of nitrogens with zero attached hydrogens (tertiary/aromatic N) is 1. The fourth-order valence-corrected chi connectivity index (χ4v) is 4.56. The van der Waals surface area contributed by atoms with Gasteiger partial charge >= 0.3 is 5.97 Å². The average Bonchev–Trinajstić information content (AvgIpc) is 2.69. The summed E-state index contributed by atoms with van der Waals surface area (Å²) in [7, 11) is 0. The van der Waals surface area contributed by atoms with E-state index in [1.54, 1.807) is 30.3 Å². The molecule has 4 nitrogen and oxygen atoms in total. The van der Waals surface area contributed by atoms with Crippen molar-refractivity contribution in [1.82, 2.24) is 4.90 Å².